The van der Waals surface area contributed by atoms with Gasteiger partial charge < -0.3 is 10.6 Å². The molecule has 1 aromatic carbocycles. The van der Waals surface area contributed by atoms with E-state index in [9.17, 15) is 4.79 Å². The summed E-state index contributed by atoms with van der Waals surface area (Å²) in [6.07, 6.45) is 0. The van der Waals surface area contributed by atoms with Crippen molar-refractivity contribution < 1.29 is 4.79 Å². The number of fused-ring (bicyclic) bond motifs is 1. The predicted molar refractivity (Wildman–Crippen MR) is 96.4 cm³/mol. The van der Waals surface area contributed by atoms with Crippen molar-refractivity contribution in [1.82, 2.24) is 20.2 Å². The lowest BCUT2D eigenvalue weighted by molar-refractivity contribution is -0.113. The number of rotatable bonds is 3. The molecule has 1 unspecified atom stereocenters. The number of anilines is 2. The lowest BCUT2D eigenvalue weighted by atomic mass is 10.0. The number of allylic oxidation sites excluding steroid dienone is 1. The molecule has 3 heterocycles. The number of amides is 1. The van der Waals surface area contributed by atoms with Gasteiger partial charge in [-0.15, -0.1) is 11.3 Å². The molecule has 1 aliphatic rings. The Morgan fingerprint density at radius 1 is 1.24 bits per heavy atom. The second-order valence-corrected chi connectivity index (χ2v) is 6.78. The average molecular weight is 352 g/mol. The van der Waals surface area contributed by atoms with E-state index in [-0.39, 0.29) is 11.9 Å². The van der Waals surface area contributed by atoms with Crippen molar-refractivity contribution in [3.05, 3.63) is 63.5 Å². The highest BCUT2D eigenvalue weighted by atomic mass is 32.1. The maximum Gasteiger partial charge on any atom is 0.255 e. The fourth-order valence-corrected chi connectivity index (χ4v) is 3.74. The first-order valence-electron chi connectivity index (χ1n) is 7.81. The fraction of sp³-hybridized carbons (Fsp3) is 0.176. The van der Waals surface area contributed by atoms with Gasteiger partial charge in [0.2, 0.25) is 5.95 Å². The number of para-hydroxylation sites is 1. The van der Waals surface area contributed by atoms with Gasteiger partial charge in [0, 0.05) is 16.3 Å². The summed E-state index contributed by atoms with van der Waals surface area (Å²) in [7, 11) is 0. The van der Waals surface area contributed by atoms with Crippen LogP contribution in [0.25, 0.3) is 0 Å². The first-order chi connectivity index (χ1) is 12.1. The third-order valence-corrected chi connectivity index (χ3v) is 5.09. The van der Waals surface area contributed by atoms with E-state index in [4.69, 9.17) is 0 Å². The zero-order valence-electron chi connectivity index (χ0n) is 13.7. The third kappa shape index (κ3) is 2.70. The molecule has 8 heteroatoms. The smallest absolute Gasteiger partial charge is 0.255 e. The van der Waals surface area contributed by atoms with Gasteiger partial charge in [0.15, 0.2) is 0 Å². The van der Waals surface area contributed by atoms with Crippen LogP contribution in [0.2, 0.25) is 0 Å². The maximum absolute atomic E-state index is 13.1. The van der Waals surface area contributed by atoms with Crippen LogP contribution in [0.15, 0.2) is 53.0 Å². The van der Waals surface area contributed by atoms with E-state index in [1.807, 2.05) is 55.6 Å². The largest absolute Gasteiger partial charge is 0.326 e. The van der Waals surface area contributed by atoms with E-state index < -0.39 is 0 Å². The maximum atomic E-state index is 13.1. The normalized spacial score (nSPS) is 16.3. The van der Waals surface area contributed by atoms with E-state index in [0.29, 0.717) is 11.5 Å². The molecule has 3 aromatic rings. The molecule has 2 N–H and O–H groups in total. The first kappa shape index (κ1) is 15.5. The molecular formula is C17H16N6OS. The topological polar surface area (TPSA) is 84.7 Å². The molecular weight excluding hydrogens is 336 g/mol. The number of nitrogens with one attached hydrogen (secondary N) is 2. The van der Waals surface area contributed by atoms with Gasteiger partial charge in [-0.25, -0.2) is 0 Å². The molecule has 2 aromatic heterocycles. The first-order valence-corrected chi connectivity index (χ1v) is 8.69. The number of nitrogens with zero attached hydrogens (tertiary/aromatic N) is 4. The molecule has 0 spiro atoms. The van der Waals surface area contributed by atoms with E-state index in [1.54, 1.807) is 16.0 Å². The highest BCUT2D eigenvalue weighted by molar-refractivity contribution is 7.10. The molecule has 1 aliphatic heterocycles. The van der Waals surface area contributed by atoms with Gasteiger partial charge in [0.05, 0.1) is 5.57 Å². The van der Waals surface area contributed by atoms with Crippen molar-refractivity contribution in [2.75, 3.05) is 10.6 Å². The number of aromatic nitrogens is 4. The summed E-state index contributed by atoms with van der Waals surface area (Å²) in [5.41, 5.74) is 3.14. The van der Waals surface area contributed by atoms with Gasteiger partial charge in [0.25, 0.3) is 5.91 Å². The third-order valence-electron chi connectivity index (χ3n) is 4.16. The Bertz CT molecular complexity index is 959. The number of hydrogen-bond acceptors (Lipinski definition) is 6. The van der Waals surface area contributed by atoms with Crippen LogP contribution in [-0.2, 0) is 4.79 Å². The van der Waals surface area contributed by atoms with Crippen LogP contribution in [-0.4, -0.2) is 26.1 Å². The minimum absolute atomic E-state index is 0.168. The number of thiophene rings is 1. The number of aryl methyl sites for hydroxylation is 1. The van der Waals surface area contributed by atoms with Crippen molar-refractivity contribution in [2.24, 2.45) is 0 Å². The molecule has 1 atom stereocenters. The van der Waals surface area contributed by atoms with Crippen LogP contribution >= 0.6 is 11.3 Å². The molecule has 25 heavy (non-hydrogen) atoms. The Kier molecular flexibility index (Phi) is 3.81. The summed E-state index contributed by atoms with van der Waals surface area (Å²) in [6.45, 7) is 3.83. The highest BCUT2D eigenvalue weighted by Gasteiger charge is 2.34. The molecule has 0 fully saturated rings. The number of tetrazole rings is 1. The van der Waals surface area contributed by atoms with Crippen molar-refractivity contribution in [3.8, 4) is 0 Å². The van der Waals surface area contributed by atoms with Crippen molar-refractivity contribution >= 4 is 28.9 Å². The average Bonchev–Trinajstić information content (AvgIpc) is 3.26. The van der Waals surface area contributed by atoms with Crippen molar-refractivity contribution in [3.63, 3.8) is 0 Å². The SMILES string of the molecule is CC1=C(C(=O)Nc2ccccc2C)C(c2cccs2)n2nnnc2N1. The molecule has 0 saturated carbocycles. The van der Waals surface area contributed by atoms with Gasteiger partial charge >= 0.3 is 0 Å². The van der Waals surface area contributed by atoms with Crippen LogP contribution in [0.5, 0.6) is 0 Å². The quantitative estimate of drug-likeness (QED) is 0.757. The summed E-state index contributed by atoms with van der Waals surface area (Å²) < 4.78 is 1.64. The number of benzene rings is 1. The summed E-state index contributed by atoms with van der Waals surface area (Å²) in [5.74, 6) is 0.363. The number of hydrogen-bond donors (Lipinski definition) is 2. The van der Waals surface area contributed by atoms with Crippen molar-refractivity contribution in [1.29, 1.82) is 0 Å². The second-order valence-electron chi connectivity index (χ2n) is 5.80. The highest BCUT2D eigenvalue weighted by Crippen LogP contribution is 2.36. The second kappa shape index (κ2) is 6.14. The molecule has 0 bridgehead atoms. The summed E-state index contributed by atoms with van der Waals surface area (Å²) in [6, 6.07) is 11.3. The molecule has 1 amide bonds. The van der Waals surface area contributed by atoms with Crippen LogP contribution in [0, 0.1) is 6.92 Å². The van der Waals surface area contributed by atoms with Gasteiger partial charge in [0.1, 0.15) is 6.04 Å². The van der Waals surface area contributed by atoms with Crippen LogP contribution < -0.4 is 10.6 Å². The molecule has 126 valence electrons. The number of carbonyl (C=O) groups excluding carboxylic acids is 1. The van der Waals surface area contributed by atoms with E-state index >= 15 is 0 Å². The zero-order valence-corrected chi connectivity index (χ0v) is 14.5. The minimum atomic E-state index is -0.352. The lowest BCUT2D eigenvalue weighted by Crippen LogP contribution is -2.31. The molecule has 4 rings (SSSR count). The van der Waals surface area contributed by atoms with Crippen LogP contribution in [0.1, 0.15) is 23.4 Å². The lowest BCUT2D eigenvalue weighted by Gasteiger charge is -2.27. The van der Waals surface area contributed by atoms with Crippen molar-refractivity contribution in [2.45, 2.75) is 19.9 Å². The summed E-state index contributed by atoms with van der Waals surface area (Å²) in [4.78, 5) is 14.1. The molecule has 0 radical (unpaired) electrons. The van der Waals surface area contributed by atoms with E-state index in [2.05, 4.69) is 26.2 Å². The van der Waals surface area contributed by atoms with Crippen LogP contribution in [0.4, 0.5) is 11.6 Å². The predicted octanol–water partition coefficient (Wildman–Crippen LogP) is 2.97. The molecule has 0 aliphatic carbocycles. The Labute approximate surface area is 148 Å². The number of carbonyl (C=O) groups is 1. The van der Waals surface area contributed by atoms with Gasteiger partial charge in [-0.1, -0.05) is 29.4 Å². The Hall–Kier alpha value is -3.00. The van der Waals surface area contributed by atoms with E-state index in [0.717, 1.165) is 21.8 Å². The Morgan fingerprint density at radius 2 is 2.08 bits per heavy atom. The van der Waals surface area contributed by atoms with Gasteiger partial charge in [-0.3, -0.25) is 4.79 Å². The monoisotopic (exact) mass is 352 g/mol. The standard InChI is InChI=1S/C17H16N6OS/c1-10-6-3-4-7-12(10)19-16(24)14-11(2)18-17-20-21-22-23(17)15(14)13-8-5-9-25-13/h3-9,15H,1-2H3,(H,19,24)(H,18,20,22). The fourth-order valence-electron chi connectivity index (χ4n) is 2.92. The molecule has 0 saturated heterocycles. The van der Waals surface area contributed by atoms with Crippen LogP contribution in [0.3, 0.4) is 0 Å². The van der Waals surface area contributed by atoms with E-state index in [1.165, 1.54) is 0 Å². The summed E-state index contributed by atoms with van der Waals surface area (Å²) >= 11 is 1.57. The Balaban J connectivity index is 1.76. The molecule has 7 nitrogen and oxygen atoms in total. The minimum Gasteiger partial charge on any atom is -0.326 e. The Morgan fingerprint density at radius 3 is 2.84 bits per heavy atom. The van der Waals surface area contributed by atoms with Gasteiger partial charge in [-0.2, -0.15) is 4.68 Å². The zero-order chi connectivity index (χ0) is 17.4. The summed E-state index contributed by atoms with van der Waals surface area (Å²) in [5, 5.41) is 19.9. The van der Waals surface area contributed by atoms with Gasteiger partial charge in [-0.05, 0) is 47.4 Å².